The van der Waals surface area contributed by atoms with Crippen LogP contribution < -0.4 is 3.58 Å². The van der Waals surface area contributed by atoms with Crippen LogP contribution in [-0.2, 0) is 0 Å². The molecule has 0 N–H and O–H groups in total. The van der Waals surface area contributed by atoms with Crippen molar-refractivity contribution in [2.75, 3.05) is 0 Å². The van der Waals surface area contributed by atoms with Gasteiger partial charge in [-0.15, -0.1) is 0 Å². The smallest absolute Gasteiger partial charge is 0.0379 e. The van der Waals surface area contributed by atoms with Crippen LogP contribution in [0.2, 0.25) is 39.3 Å². The van der Waals surface area contributed by atoms with Gasteiger partial charge in [0, 0.05) is 36.5 Å². The summed E-state index contributed by atoms with van der Waals surface area (Å²) in [6.07, 6.45) is 0. The van der Waals surface area contributed by atoms with E-state index in [1.54, 1.807) is 0 Å². The zero-order valence-electron chi connectivity index (χ0n) is 33.5. The zero-order valence-corrected chi connectivity index (χ0v) is 38.4. The van der Waals surface area contributed by atoms with Gasteiger partial charge in [0.25, 0.3) is 0 Å². The Morgan fingerprint density at radius 3 is 0.826 bits per heavy atom. The zero-order chi connectivity index (χ0) is 34.9. The van der Waals surface area contributed by atoms with E-state index in [9.17, 15) is 0 Å². The van der Waals surface area contributed by atoms with Gasteiger partial charge in [0.2, 0.25) is 0 Å². The van der Waals surface area contributed by atoms with Gasteiger partial charge in [-0.3, -0.25) is 0 Å². The predicted octanol–water partition coefficient (Wildman–Crippen LogP) is 12.9. The fourth-order valence-electron chi connectivity index (χ4n) is 5.50. The van der Waals surface area contributed by atoms with Crippen molar-refractivity contribution in [1.82, 2.24) is 0 Å². The second kappa shape index (κ2) is 20.9. The number of benzene rings is 3. The summed E-state index contributed by atoms with van der Waals surface area (Å²) in [6, 6.07) is 17.1. The summed E-state index contributed by atoms with van der Waals surface area (Å²) in [4.78, 5) is 0. The van der Waals surface area contributed by atoms with Crippen LogP contribution in [-0.4, -0.2) is 59.0 Å². The van der Waals surface area contributed by atoms with E-state index in [4.69, 9.17) is 0 Å². The first kappa shape index (κ1) is 45.5. The topological polar surface area (TPSA) is 0 Å². The fourth-order valence-corrected chi connectivity index (χ4v) is 6.69. The van der Waals surface area contributed by atoms with Crippen LogP contribution in [0.1, 0.15) is 152 Å². The SMILES string of the molecule is CC(C)c1cc(C(C)C)c(-c2cccc(-c3c(C(C)C)cc(C(C)C)cc3C(C)C)[c]2[Sn])c(C(C)C)c1.C[Si](C)C.C[Si](C)C.[Li]. The van der Waals surface area contributed by atoms with Gasteiger partial charge in [-0.2, -0.15) is 0 Å². The standard InChI is InChI=1S/C36H49.2C3H9Si.Li.Sn/c1-21(2)29-17-31(23(5)6)35(32(18-29)24(7)8)27-14-13-15-28(16-27)36-33(25(9)10)19-30(22(3)4)20-34(36)26(11)12;2*1-4(2)3;;/h13-15,17-26H,1-12H3;2*1-3H3;;. The second-order valence-electron chi connectivity index (χ2n) is 15.8. The first-order valence-corrected chi connectivity index (χ1v) is 24.9. The summed E-state index contributed by atoms with van der Waals surface area (Å²) in [6.45, 7) is 41.8. The molecule has 0 unspecified atom stereocenters. The van der Waals surface area contributed by atoms with Crippen LogP contribution in [0, 0.1) is 0 Å². The molecule has 4 heteroatoms. The van der Waals surface area contributed by atoms with Crippen molar-refractivity contribution in [3.8, 4) is 22.3 Å². The molecule has 0 aliphatic rings. The van der Waals surface area contributed by atoms with Gasteiger partial charge < -0.3 is 0 Å². The van der Waals surface area contributed by atoms with Crippen molar-refractivity contribution in [3.63, 3.8) is 0 Å². The molecule has 0 bridgehead atoms. The molecule has 0 heterocycles. The summed E-state index contributed by atoms with van der Waals surface area (Å²) in [5, 5.41) is 0. The fraction of sp³-hybridized carbons (Fsp3) is 0.571. The maximum absolute atomic E-state index is 2.50. The summed E-state index contributed by atoms with van der Waals surface area (Å²) < 4.78 is 1.50. The molecule has 0 aliphatic carbocycles. The van der Waals surface area contributed by atoms with Crippen molar-refractivity contribution < 1.29 is 0 Å². The molecule has 0 saturated carbocycles. The number of hydrogen-bond donors (Lipinski definition) is 0. The van der Waals surface area contributed by atoms with Crippen LogP contribution in [0.15, 0.2) is 42.5 Å². The first-order chi connectivity index (χ1) is 20.7. The Morgan fingerprint density at radius 1 is 0.435 bits per heavy atom. The van der Waals surface area contributed by atoms with Crippen LogP contribution in [0.5, 0.6) is 0 Å². The molecule has 0 spiro atoms. The maximum atomic E-state index is 2.50. The van der Waals surface area contributed by atoms with Crippen molar-refractivity contribution in [1.29, 1.82) is 0 Å². The third-order valence-electron chi connectivity index (χ3n) is 7.87. The van der Waals surface area contributed by atoms with E-state index in [2.05, 4.69) is 165 Å². The van der Waals surface area contributed by atoms with E-state index in [1.807, 2.05) is 0 Å². The van der Waals surface area contributed by atoms with Gasteiger partial charge in [0.05, 0.1) is 0 Å². The molecular weight excluding hydrogens is 686 g/mol. The minimum Gasteiger partial charge on any atom is -0.0715 e. The van der Waals surface area contributed by atoms with Crippen LogP contribution in [0.4, 0.5) is 0 Å². The minimum atomic E-state index is 0. The molecule has 0 atom stereocenters. The third kappa shape index (κ3) is 13.1. The Morgan fingerprint density at radius 2 is 0.652 bits per heavy atom. The molecule has 0 fully saturated rings. The first-order valence-electron chi connectivity index (χ1n) is 17.5. The van der Waals surface area contributed by atoms with Crippen molar-refractivity contribution in [2.24, 2.45) is 0 Å². The van der Waals surface area contributed by atoms with Crippen LogP contribution >= 0.6 is 0 Å². The van der Waals surface area contributed by atoms with Crippen molar-refractivity contribution in [2.45, 2.75) is 158 Å². The molecule has 0 amide bonds. The average molecular weight is 754 g/mol. The second-order valence-corrected chi connectivity index (χ2v) is 23.2. The number of hydrogen-bond acceptors (Lipinski definition) is 0. The van der Waals surface area contributed by atoms with E-state index < -0.39 is 0 Å². The molecule has 6 radical (unpaired) electrons. The monoisotopic (exact) mass is 754 g/mol. The number of rotatable bonds is 8. The van der Waals surface area contributed by atoms with E-state index in [0.717, 1.165) is 0 Å². The summed E-state index contributed by atoms with van der Waals surface area (Å²) in [7, 11) is 0.241. The molecule has 248 valence electrons. The Labute approximate surface area is 316 Å². The van der Waals surface area contributed by atoms with E-state index in [1.165, 1.54) is 81.7 Å². The summed E-state index contributed by atoms with van der Waals surface area (Å²) in [5.41, 5.74) is 14.8. The quantitative estimate of drug-likeness (QED) is 0.201. The van der Waals surface area contributed by atoms with Gasteiger partial charge in [0.15, 0.2) is 0 Å². The van der Waals surface area contributed by atoms with Gasteiger partial charge in [-0.25, -0.2) is 0 Å². The van der Waals surface area contributed by atoms with E-state index in [0.29, 0.717) is 35.5 Å². The van der Waals surface area contributed by atoms with Gasteiger partial charge in [-0.1, -0.05) is 39.3 Å². The Balaban J connectivity index is 0.00000201. The average Bonchev–Trinajstić information content (AvgIpc) is 2.90. The summed E-state index contributed by atoms with van der Waals surface area (Å²) >= 11 is 1.49. The van der Waals surface area contributed by atoms with Gasteiger partial charge in [0.1, 0.15) is 0 Å². The Bertz CT molecular complexity index is 1190. The van der Waals surface area contributed by atoms with Crippen molar-refractivity contribution >= 4 is 62.6 Å². The molecule has 3 aromatic carbocycles. The molecule has 3 aromatic rings. The van der Waals surface area contributed by atoms with E-state index >= 15 is 0 Å². The molecule has 0 aromatic heterocycles. The molecule has 0 nitrogen and oxygen atoms in total. The maximum Gasteiger partial charge on any atom is 0.0379 e. The Kier molecular flexibility index (Phi) is 20.6. The van der Waals surface area contributed by atoms with Crippen molar-refractivity contribution in [3.05, 3.63) is 75.8 Å². The Hall–Kier alpha value is -0.510. The molecule has 3 rings (SSSR count). The molecule has 46 heavy (non-hydrogen) atoms. The molecule has 0 saturated heterocycles. The minimum absolute atomic E-state index is 0. The predicted molar refractivity (Wildman–Crippen MR) is 220 cm³/mol. The third-order valence-corrected chi connectivity index (χ3v) is 9.41. The van der Waals surface area contributed by atoms with Crippen LogP contribution in [0.25, 0.3) is 22.3 Å². The molecular formula is C42H67LiSi2Sn. The normalized spacial score (nSPS) is 11.5. The largest absolute Gasteiger partial charge is 0.0715 e. The summed E-state index contributed by atoms with van der Waals surface area (Å²) in [5.74, 6) is 2.98. The molecule has 0 aliphatic heterocycles. The van der Waals surface area contributed by atoms with Gasteiger partial charge >= 0.3 is 243 Å². The van der Waals surface area contributed by atoms with Gasteiger partial charge in [-0.05, 0) is 0 Å². The van der Waals surface area contributed by atoms with E-state index in [-0.39, 0.29) is 36.5 Å². The van der Waals surface area contributed by atoms with Crippen LogP contribution in [0.3, 0.4) is 0 Å².